The van der Waals surface area contributed by atoms with E-state index in [1.807, 2.05) is 65.8 Å². The van der Waals surface area contributed by atoms with Crippen LogP contribution in [-0.2, 0) is 33.1 Å². The Labute approximate surface area is 187 Å². The predicted molar refractivity (Wildman–Crippen MR) is 115 cm³/mol. The maximum atomic E-state index is 12.6. The number of benzene rings is 2. The summed E-state index contributed by atoms with van der Waals surface area (Å²) in [5, 5.41) is 0. The quantitative estimate of drug-likeness (QED) is 0.287. The fourth-order valence-electron chi connectivity index (χ4n) is 2.69. The summed E-state index contributed by atoms with van der Waals surface area (Å²) in [6.07, 6.45) is 1.55. The third kappa shape index (κ3) is 7.96. The molecule has 8 heteroatoms. The number of halogens is 1. The first-order valence-corrected chi connectivity index (χ1v) is 12.2. The summed E-state index contributed by atoms with van der Waals surface area (Å²) >= 11 is 1.82. The van der Waals surface area contributed by atoms with Crippen LogP contribution in [0.25, 0.3) is 10.5 Å². The molecule has 0 aliphatic rings. The van der Waals surface area contributed by atoms with Crippen molar-refractivity contribution in [3.63, 3.8) is 0 Å². The van der Waals surface area contributed by atoms with Gasteiger partial charge in [-0.15, -0.1) is 12.1 Å². The summed E-state index contributed by atoms with van der Waals surface area (Å²) in [4.78, 5) is 4.06. The SMILES string of the molecule is [CH3-].[Cl][Ru+3].[NH-]C(c1ccccc1)C([N-]S(=O)(=O)Cc1ccccn1)c1ccccc1. The summed E-state index contributed by atoms with van der Waals surface area (Å²) < 4.78 is 29.4. The molecule has 1 heterocycles. The standard InChI is InChI=1S/C20H19N3O2S.CH3.ClH.Ru/c21-19(16-9-3-1-4-10-16)20(17-11-5-2-6-12-17)23-26(24,25)15-18-13-7-8-14-22-18;;;/h1-14,19-21H,15H2;1H3;1H;/q-2;-1;;+4/p-1. The molecule has 2 atom stereocenters. The van der Waals surface area contributed by atoms with Gasteiger partial charge in [0.1, 0.15) is 0 Å². The zero-order chi connectivity index (χ0) is 20.4. The van der Waals surface area contributed by atoms with Crippen LogP contribution < -0.4 is 0 Å². The van der Waals surface area contributed by atoms with E-state index in [2.05, 4.69) is 19.4 Å². The summed E-state index contributed by atoms with van der Waals surface area (Å²) in [5.41, 5.74) is 10.4. The average molecular weight is 517 g/mol. The second kappa shape index (κ2) is 12.8. The first-order chi connectivity index (χ1) is 13.6. The minimum Gasteiger partial charge on any atom is -0.672 e. The number of hydrogen-bond acceptors (Lipinski definition) is 3. The smallest absolute Gasteiger partial charge is 0.0783 e. The molecule has 154 valence electrons. The van der Waals surface area contributed by atoms with Gasteiger partial charge in [0.2, 0.25) is 0 Å². The Hall–Kier alpha value is -1.63. The number of sulfonamides is 1. The number of nitrogens with zero attached hydrogens (tertiary/aromatic N) is 2. The van der Waals surface area contributed by atoms with Crippen LogP contribution in [0.5, 0.6) is 0 Å². The average Bonchev–Trinajstić information content (AvgIpc) is 2.75. The summed E-state index contributed by atoms with van der Waals surface area (Å²) in [5.74, 6) is -0.279. The van der Waals surface area contributed by atoms with Gasteiger partial charge in [-0.25, -0.2) is 8.42 Å². The number of hydrogen-bond donors (Lipinski definition) is 0. The van der Waals surface area contributed by atoms with Gasteiger partial charge in [0.15, 0.2) is 0 Å². The zero-order valence-electron chi connectivity index (χ0n) is 15.8. The molecule has 1 aromatic heterocycles. The molecule has 2 unspecified atom stereocenters. The molecule has 0 saturated carbocycles. The van der Waals surface area contributed by atoms with Crippen LogP contribution in [0.2, 0.25) is 0 Å². The van der Waals surface area contributed by atoms with Crippen molar-refractivity contribution in [2.75, 3.05) is 0 Å². The second-order valence-corrected chi connectivity index (χ2v) is 7.56. The van der Waals surface area contributed by atoms with Crippen molar-refractivity contribution >= 4 is 19.7 Å². The van der Waals surface area contributed by atoms with Gasteiger partial charge in [-0.05, 0) is 12.1 Å². The van der Waals surface area contributed by atoms with Crippen LogP contribution in [0.4, 0.5) is 0 Å². The minimum atomic E-state index is -3.79. The van der Waals surface area contributed by atoms with E-state index < -0.39 is 22.1 Å². The third-order valence-corrected chi connectivity index (χ3v) is 5.16. The monoisotopic (exact) mass is 517 g/mol. The van der Waals surface area contributed by atoms with E-state index in [-0.39, 0.29) is 13.2 Å². The number of rotatable bonds is 7. The van der Waals surface area contributed by atoms with Crippen LogP contribution in [0.1, 0.15) is 28.9 Å². The molecule has 0 aliphatic heterocycles. The van der Waals surface area contributed by atoms with Crippen LogP contribution in [0, 0.1) is 7.43 Å². The predicted octanol–water partition coefficient (Wildman–Crippen LogP) is 5.96. The van der Waals surface area contributed by atoms with Gasteiger partial charge in [0.25, 0.3) is 0 Å². The molecule has 5 nitrogen and oxygen atoms in total. The van der Waals surface area contributed by atoms with Crippen LogP contribution in [0.3, 0.4) is 0 Å². The van der Waals surface area contributed by atoms with E-state index in [1.54, 1.807) is 36.5 Å². The van der Waals surface area contributed by atoms with Crippen LogP contribution >= 0.6 is 9.69 Å². The van der Waals surface area contributed by atoms with E-state index in [0.29, 0.717) is 11.3 Å². The molecule has 0 amide bonds. The Morgan fingerprint density at radius 2 is 1.41 bits per heavy atom. The fraction of sp³-hybridized carbons (Fsp3) is 0.143. The van der Waals surface area contributed by atoms with Crippen molar-refractivity contribution in [2.24, 2.45) is 0 Å². The van der Waals surface area contributed by atoms with Crippen molar-refractivity contribution in [1.29, 1.82) is 0 Å². The summed E-state index contributed by atoms with van der Waals surface area (Å²) in [6, 6.07) is 21.7. The van der Waals surface area contributed by atoms with E-state index in [1.165, 1.54) is 0 Å². The van der Waals surface area contributed by atoms with Gasteiger partial charge in [-0.3, -0.25) is 4.98 Å². The van der Waals surface area contributed by atoms with Gasteiger partial charge in [0, 0.05) is 6.20 Å². The molecule has 0 spiro atoms. The molecule has 0 fully saturated rings. The molecule has 2 aromatic carbocycles. The van der Waals surface area contributed by atoms with Crippen LogP contribution in [0.15, 0.2) is 85.1 Å². The Morgan fingerprint density at radius 1 is 0.897 bits per heavy atom. The molecule has 3 aromatic rings. The Morgan fingerprint density at radius 3 is 1.93 bits per heavy atom. The topological polar surface area (TPSA) is 84.9 Å². The van der Waals surface area contributed by atoms with Gasteiger partial charge < -0.3 is 17.9 Å². The molecule has 3 rings (SSSR count). The first-order valence-electron chi connectivity index (χ1n) is 8.34. The van der Waals surface area contributed by atoms with Crippen molar-refractivity contribution in [1.82, 2.24) is 4.98 Å². The summed E-state index contributed by atoms with van der Waals surface area (Å²) in [6.45, 7) is 0. The Bertz CT molecular complexity index is 930. The molecule has 0 bridgehead atoms. The van der Waals surface area contributed by atoms with Crippen molar-refractivity contribution in [3.05, 3.63) is 120 Å². The van der Waals surface area contributed by atoms with Crippen LogP contribution in [-0.4, -0.2) is 13.4 Å². The maximum absolute atomic E-state index is 12.6. The zero-order valence-corrected chi connectivity index (χ0v) is 19.1. The second-order valence-electron chi connectivity index (χ2n) is 5.90. The number of nitrogens with one attached hydrogen (secondary N) is 1. The third-order valence-electron chi connectivity index (χ3n) is 3.95. The molecule has 0 radical (unpaired) electrons. The van der Waals surface area contributed by atoms with Crippen molar-refractivity contribution < 1.29 is 25.7 Å². The van der Waals surface area contributed by atoms with E-state index in [4.69, 9.17) is 5.73 Å². The number of aromatic nitrogens is 1. The molecule has 0 saturated heterocycles. The molecule has 29 heavy (non-hydrogen) atoms. The molecular formula is C21H22ClN3O2RuS. The van der Waals surface area contributed by atoms with E-state index >= 15 is 0 Å². The number of pyridine rings is 1. The fourth-order valence-corrected chi connectivity index (χ4v) is 3.90. The van der Waals surface area contributed by atoms with E-state index in [9.17, 15) is 8.42 Å². The molecule has 1 N–H and O–H groups in total. The Kier molecular flexibility index (Phi) is 11.2. The minimum absolute atomic E-state index is 0. The first kappa shape index (κ1) is 25.4. The molecular weight excluding hydrogens is 495 g/mol. The summed E-state index contributed by atoms with van der Waals surface area (Å²) in [7, 11) is 0.776. The van der Waals surface area contributed by atoms with Gasteiger partial charge in [-0.2, -0.15) is 0 Å². The van der Waals surface area contributed by atoms with Crippen molar-refractivity contribution in [2.45, 2.75) is 17.8 Å². The van der Waals surface area contributed by atoms with E-state index in [0.717, 1.165) is 5.56 Å². The van der Waals surface area contributed by atoms with Gasteiger partial charge >= 0.3 is 27.0 Å². The Balaban J connectivity index is 0.00000136. The normalized spacial score (nSPS) is 12.6. The maximum Gasteiger partial charge on any atom is 0.0783 e. The largest absolute Gasteiger partial charge is 0.672 e. The van der Waals surface area contributed by atoms with Gasteiger partial charge in [0.05, 0.1) is 21.5 Å². The van der Waals surface area contributed by atoms with Gasteiger partial charge in [-0.1, -0.05) is 77.9 Å². The molecule has 0 aliphatic carbocycles. The van der Waals surface area contributed by atoms with Crippen molar-refractivity contribution in [3.8, 4) is 0 Å².